The maximum absolute atomic E-state index is 10.5. The van der Waals surface area contributed by atoms with Gasteiger partial charge < -0.3 is 15.2 Å². The molecule has 0 aromatic carbocycles. The summed E-state index contributed by atoms with van der Waals surface area (Å²) in [7, 11) is 0. The van der Waals surface area contributed by atoms with E-state index in [2.05, 4.69) is 5.10 Å². The molecule has 0 amide bonds. The van der Waals surface area contributed by atoms with Gasteiger partial charge in [-0.25, -0.2) is 0 Å². The van der Waals surface area contributed by atoms with Crippen LogP contribution in [0.2, 0.25) is 0 Å². The highest BCUT2D eigenvalue weighted by Crippen LogP contribution is 2.17. The van der Waals surface area contributed by atoms with Crippen LogP contribution in [-0.4, -0.2) is 19.8 Å². The molecule has 1 aromatic rings. The zero-order chi connectivity index (χ0) is 9.14. The predicted molar refractivity (Wildman–Crippen MR) is 40.5 cm³/mol. The Labute approximate surface area is 68.6 Å². The number of nitro groups is 1. The summed E-state index contributed by atoms with van der Waals surface area (Å²) in [5.74, 6) is -0.125. The summed E-state index contributed by atoms with van der Waals surface area (Å²) in [5, 5.41) is 22.9. The van der Waals surface area contributed by atoms with Crippen LogP contribution in [0.1, 0.15) is 12.5 Å². The maximum Gasteiger partial charge on any atom is 0.350 e. The van der Waals surface area contributed by atoms with Crippen LogP contribution < -0.4 is 0 Å². The molecule has 0 radical (unpaired) electrons. The minimum atomic E-state index is -0.540. The van der Waals surface area contributed by atoms with Crippen LogP contribution in [0.25, 0.3) is 0 Å². The van der Waals surface area contributed by atoms with Crippen molar-refractivity contribution in [2.24, 2.45) is 0 Å². The molecule has 0 bridgehead atoms. The summed E-state index contributed by atoms with van der Waals surface area (Å²) in [6.07, 6.45) is 1.31. The molecule has 0 aliphatic heterocycles. The topological polar surface area (TPSA) is 81.2 Å². The molecule has 1 N–H and O–H groups in total. The van der Waals surface area contributed by atoms with Crippen molar-refractivity contribution in [2.75, 3.05) is 0 Å². The molecule has 66 valence electrons. The quantitative estimate of drug-likeness (QED) is 0.524. The van der Waals surface area contributed by atoms with Crippen molar-refractivity contribution in [3.8, 4) is 0 Å². The lowest BCUT2D eigenvalue weighted by Crippen LogP contribution is -2.03. The summed E-state index contributed by atoms with van der Waals surface area (Å²) < 4.78 is 1.24. The fraction of sp³-hybridized carbons (Fsp3) is 0.500. The van der Waals surface area contributed by atoms with E-state index >= 15 is 0 Å². The number of aromatic nitrogens is 2. The van der Waals surface area contributed by atoms with Gasteiger partial charge in [0.2, 0.25) is 0 Å². The van der Waals surface area contributed by atoms with Crippen molar-refractivity contribution in [2.45, 2.75) is 20.1 Å². The molecule has 0 fully saturated rings. The SMILES string of the molecule is CCn1ncc(CO)c1[N+](=O)[O-]. The molecule has 0 saturated heterocycles. The van der Waals surface area contributed by atoms with Crippen LogP contribution in [0.5, 0.6) is 0 Å². The zero-order valence-electron chi connectivity index (χ0n) is 6.60. The van der Waals surface area contributed by atoms with Crippen LogP contribution in [0, 0.1) is 10.1 Å². The lowest BCUT2D eigenvalue weighted by atomic mass is 10.3. The molecular weight excluding hydrogens is 162 g/mol. The van der Waals surface area contributed by atoms with E-state index in [4.69, 9.17) is 5.11 Å². The van der Waals surface area contributed by atoms with E-state index in [0.717, 1.165) is 0 Å². The van der Waals surface area contributed by atoms with E-state index in [0.29, 0.717) is 6.54 Å². The maximum atomic E-state index is 10.5. The van der Waals surface area contributed by atoms with Crippen molar-refractivity contribution in [1.29, 1.82) is 0 Å². The fourth-order valence-corrected chi connectivity index (χ4v) is 0.972. The summed E-state index contributed by atoms with van der Waals surface area (Å²) in [4.78, 5) is 9.92. The van der Waals surface area contributed by atoms with Crippen molar-refractivity contribution in [3.05, 3.63) is 21.9 Å². The molecule has 1 heterocycles. The Kier molecular flexibility index (Phi) is 2.39. The molecule has 0 aliphatic rings. The van der Waals surface area contributed by atoms with E-state index in [1.54, 1.807) is 6.92 Å². The first kappa shape index (κ1) is 8.66. The molecule has 0 spiro atoms. The summed E-state index contributed by atoms with van der Waals surface area (Å²) in [6.45, 7) is 1.83. The first-order chi connectivity index (χ1) is 5.70. The highest BCUT2D eigenvalue weighted by molar-refractivity contribution is 5.30. The lowest BCUT2D eigenvalue weighted by Gasteiger charge is -1.96. The summed E-state index contributed by atoms with van der Waals surface area (Å²) >= 11 is 0. The van der Waals surface area contributed by atoms with Gasteiger partial charge in [0.15, 0.2) is 0 Å². The highest BCUT2D eigenvalue weighted by Gasteiger charge is 2.19. The number of hydrogen-bond acceptors (Lipinski definition) is 4. The first-order valence-electron chi connectivity index (χ1n) is 3.50. The van der Waals surface area contributed by atoms with Crippen LogP contribution in [-0.2, 0) is 13.2 Å². The average molecular weight is 171 g/mol. The van der Waals surface area contributed by atoms with Gasteiger partial charge in [-0.15, -0.1) is 4.68 Å². The van der Waals surface area contributed by atoms with E-state index < -0.39 is 4.92 Å². The molecule has 0 aliphatic carbocycles. The standard InChI is InChI=1S/C6H9N3O3/c1-2-8-6(9(11)12)5(4-10)3-7-8/h3,10H,2,4H2,1H3. The second kappa shape index (κ2) is 3.31. The van der Waals surface area contributed by atoms with Gasteiger partial charge in [-0.05, 0) is 11.8 Å². The van der Waals surface area contributed by atoms with Gasteiger partial charge in [-0.2, -0.15) is 0 Å². The van der Waals surface area contributed by atoms with Gasteiger partial charge >= 0.3 is 5.82 Å². The number of aryl methyl sites for hydroxylation is 1. The van der Waals surface area contributed by atoms with Crippen LogP contribution in [0.15, 0.2) is 6.20 Å². The second-order valence-corrected chi connectivity index (χ2v) is 2.22. The van der Waals surface area contributed by atoms with Gasteiger partial charge in [0.1, 0.15) is 6.54 Å². The third kappa shape index (κ3) is 1.28. The third-order valence-electron chi connectivity index (χ3n) is 1.53. The fourth-order valence-electron chi connectivity index (χ4n) is 0.972. The summed E-state index contributed by atoms with van der Waals surface area (Å²) in [6, 6.07) is 0. The van der Waals surface area contributed by atoms with Crippen molar-refractivity contribution in [3.63, 3.8) is 0 Å². The second-order valence-electron chi connectivity index (χ2n) is 2.22. The van der Waals surface area contributed by atoms with E-state index in [-0.39, 0.29) is 18.0 Å². The lowest BCUT2D eigenvalue weighted by molar-refractivity contribution is -0.393. The normalized spacial score (nSPS) is 10.2. The average Bonchev–Trinajstić information content (AvgIpc) is 2.46. The number of rotatable bonds is 3. The van der Waals surface area contributed by atoms with Gasteiger partial charge in [-0.3, -0.25) is 0 Å². The minimum Gasteiger partial charge on any atom is -0.391 e. The molecule has 0 atom stereocenters. The zero-order valence-corrected chi connectivity index (χ0v) is 6.60. The number of aliphatic hydroxyl groups excluding tert-OH is 1. The predicted octanol–water partition coefficient (Wildman–Crippen LogP) is 0.303. The molecule has 1 rings (SSSR count). The Balaban J connectivity index is 3.16. The molecule has 1 aromatic heterocycles. The number of aliphatic hydroxyl groups is 1. The third-order valence-corrected chi connectivity index (χ3v) is 1.53. The van der Waals surface area contributed by atoms with Crippen LogP contribution >= 0.6 is 0 Å². The van der Waals surface area contributed by atoms with Crippen molar-refractivity contribution >= 4 is 5.82 Å². The van der Waals surface area contributed by atoms with Gasteiger partial charge in [0.25, 0.3) is 0 Å². The first-order valence-corrected chi connectivity index (χ1v) is 3.50. The molecule has 12 heavy (non-hydrogen) atoms. The molecule has 0 unspecified atom stereocenters. The van der Waals surface area contributed by atoms with Crippen LogP contribution in [0.3, 0.4) is 0 Å². The Morgan fingerprint density at radius 1 is 1.83 bits per heavy atom. The number of hydrogen-bond donors (Lipinski definition) is 1. The van der Waals surface area contributed by atoms with E-state index in [1.165, 1.54) is 10.9 Å². The smallest absolute Gasteiger partial charge is 0.350 e. The minimum absolute atomic E-state index is 0.125. The van der Waals surface area contributed by atoms with Crippen LogP contribution in [0.4, 0.5) is 5.82 Å². The molecule has 6 nitrogen and oxygen atoms in total. The highest BCUT2D eigenvalue weighted by atomic mass is 16.6. The monoisotopic (exact) mass is 171 g/mol. The van der Waals surface area contributed by atoms with Gasteiger partial charge in [0.05, 0.1) is 18.4 Å². The number of nitrogens with zero attached hydrogens (tertiary/aromatic N) is 3. The van der Waals surface area contributed by atoms with Gasteiger partial charge in [-0.1, -0.05) is 5.10 Å². The molecular formula is C6H9N3O3. The van der Waals surface area contributed by atoms with Crippen molar-refractivity contribution < 1.29 is 10.0 Å². The Bertz CT molecular complexity index is 273. The largest absolute Gasteiger partial charge is 0.391 e. The summed E-state index contributed by atoms with van der Waals surface area (Å²) in [5.41, 5.74) is 0.252. The Hall–Kier alpha value is -1.43. The van der Waals surface area contributed by atoms with E-state index in [1.807, 2.05) is 0 Å². The van der Waals surface area contributed by atoms with Gasteiger partial charge in [0, 0.05) is 0 Å². The van der Waals surface area contributed by atoms with E-state index in [9.17, 15) is 10.1 Å². The Morgan fingerprint density at radius 2 is 2.50 bits per heavy atom. The molecule has 0 saturated carbocycles. The molecule has 6 heteroatoms. The Morgan fingerprint density at radius 3 is 2.92 bits per heavy atom. The van der Waals surface area contributed by atoms with Crippen molar-refractivity contribution in [1.82, 2.24) is 9.78 Å².